The van der Waals surface area contributed by atoms with Gasteiger partial charge in [0.25, 0.3) is 0 Å². The molecule has 1 unspecified atom stereocenters. The molecule has 0 aromatic carbocycles. The van der Waals surface area contributed by atoms with E-state index in [4.69, 9.17) is 11.1 Å². The highest BCUT2D eigenvalue weighted by atomic mass is 15.4. The summed E-state index contributed by atoms with van der Waals surface area (Å²) in [5.74, 6) is 2.17. The summed E-state index contributed by atoms with van der Waals surface area (Å²) in [6, 6.07) is 1.01. The van der Waals surface area contributed by atoms with Crippen molar-refractivity contribution in [3.63, 3.8) is 0 Å². The first-order valence-electron chi connectivity index (χ1n) is 13.2. The summed E-state index contributed by atoms with van der Waals surface area (Å²) in [5, 5.41) is 8.73. The first-order valence-corrected chi connectivity index (χ1v) is 13.2. The predicted octanol–water partition coefficient (Wildman–Crippen LogP) is 4.89. The molecule has 2 aliphatic heterocycles. The smallest absolute Gasteiger partial charge is 0.194 e. The van der Waals surface area contributed by atoms with Crippen LogP contribution in [0.4, 0.5) is 0 Å². The molecule has 0 spiro atoms. The van der Waals surface area contributed by atoms with Gasteiger partial charge in [0.05, 0.1) is 12.6 Å². The lowest BCUT2D eigenvalue weighted by Crippen LogP contribution is -2.41. The minimum atomic E-state index is 0.485. The lowest BCUT2D eigenvalue weighted by Gasteiger charge is -2.28. The van der Waals surface area contributed by atoms with Crippen LogP contribution in [0.1, 0.15) is 98.3 Å². The van der Waals surface area contributed by atoms with Gasteiger partial charge in [-0.05, 0) is 38.0 Å². The van der Waals surface area contributed by atoms with Gasteiger partial charge in [0.2, 0.25) is 0 Å². The molecule has 6 nitrogen and oxygen atoms in total. The number of nitrogens with zero attached hydrogens (tertiary/aromatic N) is 4. The van der Waals surface area contributed by atoms with Crippen LogP contribution in [0, 0.1) is 11.3 Å². The van der Waals surface area contributed by atoms with Crippen LogP contribution in [-0.4, -0.2) is 71.4 Å². The number of hydrogen-bond acceptors (Lipinski definition) is 4. The predicted molar refractivity (Wildman–Crippen MR) is 134 cm³/mol. The molecule has 31 heavy (non-hydrogen) atoms. The number of nitrogens with two attached hydrogens (primary N) is 1. The number of rotatable bonds is 16. The van der Waals surface area contributed by atoms with Gasteiger partial charge >= 0.3 is 0 Å². The molecule has 1 fully saturated rings. The van der Waals surface area contributed by atoms with Crippen molar-refractivity contribution in [1.29, 1.82) is 5.41 Å². The Balaban J connectivity index is 1.72. The molecule has 0 saturated carbocycles. The Morgan fingerprint density at radius 2 is 1.68 bits per heavy atom. The van der Waals surface area contributed by atoms with Crippen LogP contribution in [0.3, 0.4) is 0 Å². The number of hydrogen-bond donors (Lipinski definition) is 2. The molecule has 3 atom stereocenters. The zero-order chi connectivity index (χ0) is 22.6. The zero-order valence-electron chi connectivity index (χ0n) is 20.9. The molecular weight excluding hydrogens is 384 g/mol. The van der Waals surface area contributed by atoms with Crippen molar-refractivity contribution >= 4 is 11.9 Å². The van der Waals surface area contributed by atoms with Gasteiger partial charge in [0.15, 0.2) is 11.9 Å². The molecule has 2 aliphatic rings. The molecule has 2 rings (SSSR count). The first kappa shape index (κ1) is 25.8. The third-order valence-corrected chi connectivity index (χ3v) is 7.19. The molecule has 0 aromatic rings. The summed E-state index contributed by atoms with van der Waals surface area (Å²) >= 11 is 0. The Morgan fingerprint density at radius 1 is 0.935 bits per heavy atom. The van der Waals surface area contributed by atoms with Gasteiger partial charge in [-0.2, -0.15) is 0 Å². The average molecular weight is 435 g/mol. The van der Waals surface area contributed by atoms with Crippen molar-refractivity contribution in [2.45, 2.75) is 110 Å². The van der Waals surface area contributed by atoms with E-state index in [1.54, 1.807) is 0 Å². The summed E-state index contributed by atoms with van der Waals surface area (Å²) in [5.41, 5.74) is 6.18. The van der Waals surface area contributed by atoms with Crippen molar-refractivity contribution in [1.82, 2.24) is 14.7 Å². The molecular formula is C25H50N6. The summed E-state index contributed by atoms with van der Waals surface area (Å²) in [6.07, 6.45) is 13.6. The van der Waals surface area contributed by atoms with E-state index in [1.807, 2.05) is 0 Å². The Kier molecular flexibility index (Phi) is 11.5. The number of aliphatic imine (C=N–C) groups is 1. The van der Waals surface area contributed by atoms with Crippen molar-refractivity contribution < 1.29 is 0 Å². The quantitative estimate of drug-likeness (QED) is 0.339. The lowest BCUT2D eigenvalue weighted by molar-refractivity contribution is 0.281. The van der Waals surface area contributed by atoms with Gasteiger partial charge in [-0.25, -0.2) is 0 Å². The molecule has 6 heteroatoms. The number of nitrogens with one attached hydrogen (secondary N) is 1. The fourth-order valence-electron chi connectivity index (χ4n) is 4.96. The van der Waals surface area contributed by atoms with E-state index in [0.29, 0.717) is 18.0 Å². The van der Waals surface area contributed by atoms with E-state index in [-0.39, 0.29) is 0 Å². The Morgan fingerprint density at radius 3 is 2.39 bits per heavy atom. The van der Waals surface area contributed by atoms with Crippen LogP contribution in [-0.2, 0) is 0 Å². The van der Waals surface area contributed by atoms with Gasteiger partial charge in [0, 0.05) is 32.2 Å². The second kappa shape index (κ2) is 13.8. The first-order chi connectivity index (χ1) is 15.0. The third-order valence-electron chi connectivity index (χ3n) is 7.19. The maximum absolute atomic E-state index is 8.73. The van der Waals surface area contributed by atoms with E-state index in [1.165, 1.54) is 57.8 Å². The Labute approximate surface area is 192 Å². The molecule has 2 heterocycles. The highest BCUT2D eigenvalue weighted by Gasteiger charge is 2.34. The van der Waals surface area contributed by atoms with Gasteiger partial charge in [-0.3, -0.25) is 10.4 Å². The topological polar surface area (TPSA) is 72.0 Å². The van der Waals surface area contributed by atoms with Gasteiger partial charge in [0.1, 0.15) is 0 Å². The van der Waals surface area contributed by atoms with Crippen molar-refractivity contribution in [2.24, 2.45) is 16.6 Å². The van der Waals surface area contributed by atoms with E-state index < -0.39 is 0 Å². The van der Waals surface area contributed by atoms with Crippen LogP contribution in [0.15, 0.2) is 4.99 Å². The third kappa shape index (κ3) is 7.87. The SMILES string of the molecule is CCCCCCCN1C(N)=NC[C@@H]1CCCCN1C[C@@H](CCC)N(CC(C)CC)C1=N. The minimum absolute atomic E-state index is 0.485. The summed E-state index contributed by atoms with van der Waals surface area (Å²) in [6.45, 7) is 14.1. The van der Waals surface area contributed by atoms with Crippen LogP contribution in [0.2, 0.25) is 0 Å². The average Bonchev–Trinajstić information content (AvgIpc) is 3.25. The fraction of sp³-hybridized carbons (Fsp3) is 0.920. The van der Waals surface area contributed by atoms with E-state index in [9.17, 15) is 0 Å². The highest BCUT2D eigenvalue weighted by Crippen LogP contribution is 2.23. The van der Waals surface area contributed by atoms with Gasteiger partial charge in [-0.1, -0.05) is 66.2 Å². The minimum Gasteiger partial charge on any atom is -0.370 e. The highest BCUT2D eigenvalue weighted by molar-refractivity contribution is 5.80. The molecule has 3 N–H and O–H groups in total. The Hall–Kier alpha value is -1.46. The van der Waals surface area contributed by atoms with E-state index >= 15 is 0 Å². The maximum Gasteiger partial charge on any atom is 0.194 e. The van der Waals surface area contributed by atoms with Gasteiger partial charge < -0.3 is 20.4 Å². The summed E-state index contributed by atoms with van der Waals surface area (Å²) in [7, 11) is 0. The lowest BCUT2D eigenvalue weighted by atomic mass is 10.1. The summed E-state index contributed by atoms with van der Waals surface area (Å²) in [4.78, 5) is 11.6. The van der Waals surface area contributed by atoms with E-state index in [0.717, 1.165) is 57.5 Å². The number of unbranched alkanes of at least 4 members (excludes halogenated alkanes) is 5. The fourth-order valence-corrected chi connectivity index (χ4v) is 4.96. The van der Waals surface area contributed by atoms with E-state index in [2.05, 4.69) is 47.4 Å². The molecule has 0 radical (unpaired) electrons. The molecule has 1 saturated heterocycles. The summed E-state index contributed by atoms with van der Waals surface area (Å²) < 4.78 is 0. The van der Waals surface area contributed by atoms with Crippen molar-refractivity contribution in [3.8, 4) is 0 Å². The van der Waals surface area contributed by atoms with Crippen molar-refractivity contribution in [3.05, 3.63) is 0 Å². The van der Waals surface area contributed by atoms with Crippen LogP contribution in [0.5, 0.6) is 0 Å². The van der Waals surface area contributed by atoms with Crippen LogP contribution < -0.4 is 5.73 Å². The Bertz CT molecular complexity index is 548. The molecule has 180 valence electrons. The maximum atomic E-state index is 8.73. The normalized spacial score (nSPS) is 22.5. The monoisotopic (exact) mass is 434 g/mol. The van der Waals surface area contributed by atoms with Crippen LogP contribution >= 0.6 is 0 Å². The van der Waals surface area contributed by atoms with Crippen molar-refractivity contribution in [2.75, 3.05) is 32.7 Å². The largest absolute Gasteiger partial charge is 0.370 e. The molecule has 0 bridgehead atoms. The molecule has 0 aromatic heterocycles. The second-order valence-electron chi connectivity index (χ2n) is 9.83. The van der Waals surface area contributed by atoms with Crippen LogP contribution in [0.25, 0.3) is 0 Å². The zero-order valence-corrected chi connectivity index (χ0v) is 20.9. The molecule has 0 amide bonds. The molecule has 0 aliphatic carbocycles. The standard InChI is InChI=1S/C25H50N6/c1-5-8-9-10-12-17-30-22(18-28-24(30)26)15-11-13-16-29-20-23(14-6-2)31(25(29)27)19-21(4)7-3/h21-23,27H,5-20H2,1-4H3,(H2,26,28)/t21?,22-,23+/m0/s1. The second-order valence-corrected chi connectivity index (χ2v) is 9.83. The van der Waals surface area contributed by atoms with Gasteiger partial charge in [-0.15, -0.1) is 0 Å². The number of guanidine groups is 2.